The van der Waals surface area contributed by atoms with Crippen LogP contribution in [-0.4, -0.2) is 24.5 Å². The van der Waals surface area contributed by atoms with Gasteiger partial charge in [-0.25, -0.2) is 4.98 Å². The highest BCUT2D eigenvalue weighted by molar-refractivity contribution is 5.96. The molecule has 0 unspecified atom stereocenters. The van der Waals surface area contributed by atoms with Crippen LogP contribution in [0.5, 0.6) is 5.88 Å². The topological polar surface area (TPSA) is 51.2 Å². The molecule has 15 heavy (non-hydrogen) atoms. The maximum Gasteiger partial charge on any atom is 0.253 e. The average Bonchev–Trinajstić information content (AvgIpc) is 2.31. The van der Waals surface area contributed by atoms with Crippen molar-refractivity contribution in [3.63, 3.8) is 0 Å². The van der Waals surface area contributed by atoms with Gasteiger partial charge in [0.05, 0.1) is 18.4 Å². The Kier molecular flexibility index (Phi) is 4.09. The van der Waals surface area contributed by atoms with Gasteiger partial charge in [0.15, 0.2) is 0 Å². The number of fused-ring (bicyclic) bond motifs is 1. The maximum absolute atomic E-state index is 11.3. The molecule has 0 atom stereocenters. The van der Waals surface area contributed by atoms with Gasteiger partial charge in [-0.3, -0.25) is 4.79 Å². The number of hydrogen-bond acceptors (Lipinski definition) is 3. The van der Waals surface area contributed by atoms with Crippen molar-refractivity contribution in [1.82, 2.24) is 10.3 Å². The standard InChI is InChI=1S/C9H10N2O2.C2H6/c1-13-8-3-2-6-7(11-8)4-5-10-9(6)12;1-2/h2-3H,4-5H2,1H3,(H,10,12);1-2H3. The van der Waals surface area contributed by atoms with Crippen LogP contribution >= 0.6 is 0 Å². The third-order valence-electron chi connectivity index (χ3n) is 2.05. The molecular formula is C11H16N2O2. The number of amides is 1. The first-order valence-corrected chi connectivity index (χ1v) is 5.13. The third kappa shape index (κ3) is 2.46. The van der Waals surface area contributed by atoms with Crippen molar-refractivity contribution in [3.8, 4) is 5.88 Å². The second kappa shape index (κ2) is 5.34. The van der Waals surface area contributed by atoms with Crippen LogP contribution in [0.15, 0.2) is 12.1 Å². The Labute approximate surface area is 89.7 Å². The van der Waals surface area contributed by atoms with E-state index >= 15 is 0 Å². The molecule has 0 aliphatic carbocycles. The van der Waals surface area contributed by atoms with Gasteiger partial charge in [-0.15, -0.1) is 0 Å². The number of hydrogen-bond donors (Lipinski definition) is 1. The monoisotopic (exact) mass is 208 g/mol. The van der Waals surface area contributed by atoms with Gasteiger partial charge in [0.25, 0.3) is 5.91 Å². The van der Waals surface area contributed by atoms with Crippen molar-refractivity contribution in [2.45, 2.75) is 20.3 Å². The van der Waals surface area contributed by atoms with E-state index in [0.29, 0.717) is 18.0 Å². The van der Waals surface area contributed by atoms with Gasteiger partial charge in [-0.05, 0) is 6.07 Å². The summed E-state index contributed by atoms with van der Waals surface area (Å²) in [5.74, 6) is 0.518. The number of nitrogens with one attached hydrogen (secondary N) is 1. The third-order valence-corrected chi connectivity index (χ3v) is 2.05. The molecule has 82 valence electrons. The Morgan fingerprint density at radius 3 is 2.80 bits per heavy atom. The number of ether oxygens (including phenoxy) is 1. The summed E-state index contributed by atoms with van der Waals surface area (Å²) in [5.41, 5.74) is 1.48. The predicted octanol–water partition coefficient (Wildman–Crippen LogP) is 1.40. The molecule has 4 nitrogen and oxygen atoms in total. The molecule has 1 amide bonds. The number of carbonyl (C=O) groups is 1. The number of carbonyl (C=O) groups excluding carboxylic acids is 1. The molecule has 0 saturated heterocycles. The van der Waals surface area contributed by atoms with Crippen molar-refractivity contribution in [2.24, 2.45) is 0 Å². The van der Waals surface area contributed by atoms with Crippen LogP contribution in [0.1, 0.15) is 29.9 Å². The summed E-state index contributed by atoms with van der Waals surface area (Å²) in [6, 6.07) is 3.44. The van der Waals surface area contributed by atoms with Crippen molar-refractivity contribution >= 4 is 5.91 Å². The second-order valence-corrected chi connectivity index (χ2v) is 2.85. The van der Waals surface area contributed by atoms with E-state index in [2.05, 4.69) is 10.3 Å². The van der Waals surface area contributed by atoms with E-state index in [4.69, 9.17) is 4.74 Å². The minimum atomic E-state index is -0.0450. The van der Waals surface area contributed by atoms with Gasteiger partial charge in [0.1, 0.15) is 0 Å². The van der Waals surface area contributed by atoms with E-state index in [0.717, 1.165) is 12.1 Å². The van der Waals surface area contributed by atoms with E-state index in [9.17, 15) is 4.79 Å². The zero-order chi connectivity index (χ0) is 11.3. The number of rotatable bonds is 1. The minimum Gasteiger partial charge on any atom is -0.481 e. The molecule has 0 saturated carbocycles. The summed E-state index contributed by atoms with van der Waals surface area (Å²) in [6.45, 7) is 4.66. The molecule has 1 aromatic rings. The van der Waals surface area contributed by atoms with Crippen LogP contribution in [0.25, 0.3) is 0 Å². The molecular weight excluding hydrogens is 192 g/mol. The molecule has 0 fully saturated rings. The summed E-state index contributed by atoms with van der Waals surface area (Å²) >= 11 is 0. The predicted molar refractivity (Wildman–Crippen MR) is 58.2 cm³/mol. The Bertz CT molecular complexity index is 350. The molecule has 4 heteroatoms. The Morgan fingerprint density at radius 2 is 2.13 bits per heavy atom. The summed E-state index contributed by atoms with van der Waals surface area (Å²) in [7, 11) is 1.57. The summed E-state index contributed by atoms with van der Waals surface area (Å²) < 4.78 is 4.97. The molecule has 0 bridgehead atoms. The minimum absolute atomic E-state index is 0.0450. The fraction of sp³-hybridized carbons (Fsp3) is 0.455. The molecule has 1 N–H and O–H groups in total. The Morgan fingerprint density at radius 1 is 1.40 bits per heavy atom. The molecule has 0 radical (unpaired) electrons. The Hall–Kier alpha value is -1.58. The Balaban J connectivity index is 0.000000531. The van der Waals surface area contributed by atoms with Crippen LogP contribution in [-0.2, 0) is 6.42 Å². The van der Waals surface area contributed by atoms with Crippen LogP contribution in [0, 0.1) is 0 Å². The van der Waals surface area contributed by atoms with Gasteiger partial charge in [0.2, 0.25) is 5.88 Å². The highest BCUT2D eigenvalue weighted by Gasteiger charge is 2.17. The van der Waals surface area contributed by atoms with Crippen LogP contribution < -0.4 is 10.1 Å². The zero-order valence-electron chi connectivity index (χ0n) is 9.33. The lowest BCUT2D eigenvalue weighted by Crippen LogP contribution is -2.32. The fourth-order valence-corrected chi connectivity index (χ4v) is 1.38. The van der Waals surface area contributed by atoms with Crippen molar-refractivity contribution in [1.29, 1.82) is 0 Å². The number of aromatic nitrogens is 1. The van der Waals surface area contributed by atoms with Crippen molar-refractivity contribution in [3.05, 3.63) is 23.4 Å². The van der Waals surface area contributed by atoms with E-state index in [1.165, 1.54) is 0 Å². The van der Waals surface area contributed by atoms with Crippen LogP contribution in [0.2, 0.25) is 0 Å². The first kappa shape index (κ1) is 11.5. The van der Waals surface area contributed by atoms with Gasteiger partial charge in [-0.2, -0.15) is 0 Å². The lowest BCUT2D eigenvalue weighted by atomic mass is 10.1. The zero-order valence-corrected chi connectivity index (χ0v) is 9.33. The largest absolute Gasteiger partial charge is 0.481 e. The molecule has 1 aromatic heterocycles. The highest BCUT2D eigenvalue weighted by Crippen LogP contribution is 2.15. The number of nitrogens with zero attached hydrogens (tertiary/aromatic N) is 1. The lowest BCUT2D eigenvalue weighted by Gasteiger charge is -2.15. The first-order valence-electron chi connectivity index (χ1n) is 5.13. The van der Waals surface area contributed by atoms with Gasteiger partial charge >= 0.3 is 0 Å². The van der Waals surface area contributed by atoms with E-state index < -0.39 is 0 Å². The highest BCUT2D eigenvalue weighted by atomic mass is 16.5. The molecule has 2 heterocycles. The van der Waals surface area contributed by atoms with E-state index in [1.807, 2.05) is 13.8 Å². The van der Waals surface area contributed by atoms with E-state index in [-0.39, 0.29) is 5.91 Å². The molecule has 0 aromatic carbocycles. The average molecular weight is 208 g/mol. The molecule has 2 rings (SSSR count). The molecule has 1 aliphatic heterocycles. The van der Waals surface area contributed by atoms with Crippen molar-refractivity contribution < 1.29 is 9.53 Å². The first-order chi connectivity index (χ1) is 7.31. The normalized spacial score (nSPS) is 13.1. The van der Waals surface area contributed by atoms with Crippen LogP contribution in [0.4, 0.5) is 0 Å². The number of pyridine rings is 1. The summed E-state index contributed by atoms with van der Waals surface area (Å²) in [4.78, 5) is 15.5. The van der Waals surface area contributed by atoms with Gasteiger partial charge < -0.3 is 10.1 Å². The number of methoxy groups -OCH3 is 1. The second-order valence-electron chi connectivity index (χ2n) is 2.85. The van der Waals surface area contributed by atoms with E-state index in [1.54, 1.807) is 19.2 Å². The summed E-state index contributed by atoms with van der Waals surface area (Å²) in [5, 5.41) is 2.76. The smallest absolute Gasteiger partial charge is 0.253 e. The molecule has 0 spiro atoms. The lowest BCUT2D eigenvalue weighted by molar-refractivity contribution is 0.0945. The van der Waals surface area contributed by atoms with Crippen LogP contribution in [0.3, 0.4) is 0 Å². The molecule has 1 aliphatic rings. The fourth-order valence-electron chi connectivity index (χ4n) is 1.38. The van der Waals surface area contributed by atoms with Gasteiger partial charge in [-0.1, -0.05) is 13.8 Å². The summed E-state index contributed by atoms with van der Waals surface area (Å²) in [6.07, 6.45) is 0.776. The van der Waals surface area contributed by atoms with Gasteiger partial charge in [0, 0.05) is 19.0 Å². The SMILES string of the molecule is CC.COc1ccc2c(n1)CCNC2=O. The quantitative estimate of drug-likeness (QED) is 0.759. The maximum atomic E-state index is 11.3. The van der Waals surface area contributed by atoms with Crippen molar-refractivity contribution in [2.75, 3.05) is 13.7 Å².